The van der Waals surface area contributed by atoms with E-state index in [9.17, 15) is 9.90 Å². The number of nitrogens with two attached hydrogens (primary N) is 1. The molecule has 0 saturated heterocycles. The van der Waals surface area contributed by atoms with Crippen LogP contribution < -0.4 is 11.3 Å². The molecular weight excluding hydrogens is 302 g/mol. The Labute approximate surface area is 140 Å². The second-order valence-corrected chi connectivity index (χ2v) is 5.74. The molecule has 5 heteroatoms. The van der Waals surface area contributed by atoms with Crippen molar-refractivity contribution in [1.29, 1.82) is 0 Å². The van der Waals surface area contributed by atoms with Gasteiger partial charge in [-0.2, -0.15) is 0 Å². The lowest BCUT2D eigenvalue weighted by atomic mass is 9.99. The van der Waals surface area contributed by atoms with Gasteiger partial charge in [0.25, 0.3) is 5.56 Å². The van der Waals surface area contributed by atoms with E-state index in [2.05, 4.69) is 11.1 Å². The number of rotatable bonds is 4. The van der Waals surface area contributed by atoms with E-state index in [0.29, 0.717) is 12.1 Å². The molecule has 0 radical (unpaired) electrons. The van der Waals surface area contributed by atoms with E-state index in [1.165, 1.54) is 10.6 Å². The van der Waals surface area contributed by atoms with E-state index in [0.717, 1.165) is 22.3 Å². The predicted octanol–water partition coefficient (Wildman–Crippen LogP) is 2.11. The van der Waals surface area contributed by atoms with Crippen LogP contribution in [0, 0.1) is 0 Å². The Hall–Kier alpha value is -2.92. The second kappa shape index (κ2) is 6.68. The lowest BCUT2D eigenvalue weighted by Crippen LogP contribution is -2.21. The smallest absolute Gasteiger partial charge is 0.254 e. The summed E-state index contributed by atoms with van der Waals surface area (Å²) in [6.07, 6.45) is 0.536. The summed E-state index contributed by atoms with van der Waals surface area (Å²) in [5.74, 6) is 0.212. The van der Waals surface area contributed by atoms with Crippen LogP contribution in [0.5, 0.6) is 0 Å². The Morgan fingerprint density at radius 3 is 2.29 bits per heavy atom. The van der Waals surface area contributed by atoms with Gasteiger partial charge in [0.2, 0.25) is 5.95 Å². The topological polar surface area (TPSA) is 81.1 Å². The summed E-state index contributed by atoms with van der Waals surface area (Å²) in [7, 11) is 1.60. The lowest BCUT2D eigenvalue weighted by Gasteiger charge is -2.08. The van der Waals surface area contributed by atoms with E-state index in [4.69, 9.17) is 5.73 Å². The third-order valence-electron chi connectivity index (χ3n) is 3.98. The molecule has 3 N–H and O–H groups in total. The molecule has 0 spiro atoms. The highest BCUT2D eigenvalue weighted by Crippen LogP contribution is 2.22. The third-order valence-corrected chi connectivity index (χ3v) is 3.98. The van der Waals surface area contributed by atoms with E-state index in [1.54, 1.807) is 7.05 Å². The van der Waals surface area contributed by atoms with Gasteiger partial charge in [-0.3, -0.25) is 9.36 Å². The summed E-state index contributed by atoms with van der Waals surface area (Å²) in [5.41, 5.74) is 10.3. The number of aliphatic hydroxyl groups excluding tert-OH is 1. The van der Waals surface area contributed by atoms with Crippen molar-refractivity contribution in [3.05, 3.63) is 81.8 Å². The van der Waals surface area contributed by atoms with Crippen molar-refractivity contribution >= 4 is 5.95 Å². The van der Waals surface area contributed by atoms with Crippen LogP contribution in [0.25, 0.3) is 11.1 Å². The highest BCUT2D eigenvalue weighted by atomic mass is 16.3. The number of nitrogen functional groups attached to an aromatic ring is 1. The molecule has 122 valence electrons. The highest BCUT2D eigenvalue weighted by Gasteiger charge is 2.06. The van der Waals surface area contributed by atoms with Gasteiger partial charge in [0, 0.05) is 19.5 Å². The van der Waals surface area contributed by atoms with Gasteiger partial charge in [0.05, 0.1) is 12.3 Å². The third kappa shape index (κ3) is 3.36. The van der Waals surface area contributed by atoms with E-state index in [-0.39, 0.29) is 18.1 Å². The Morgan fingerprint density at radius 2 is 1.67 bits per heavy atom. The average molecular weight is 321 g/mol. The van der Waals surface area contributed by atoms with Gasteiger partial charge in [-0.25, -0.2) is 4.98 Å². The van der Waals surface area contributed by atoms with Gasteiger partial charge < -0.3 is 10.8 Å². The molecule has 0 saturated carbocycles. The SMILES string of the molecule is Cn1c(N)nc(Cc2cccc(-c3cccc(CO)c3)c2)cc1=O. The molecule has 1 heterocycles. The minimum Gasteiger partial charge on any atom is -0.392 e. The van der Waals surface area contributed by atoms with Crippen LogP contribution in [0.1, 0.15) is 16.8 Å². The molecule has 24 heavy (non-hydrogen) atoms. The van der Waals surface area contributed by atoms with Crippen LogP contribution in [0.15, 0.2) is 59.4 Å². The maximum Gasteiger partial charge on any atom is 0.254 e. The van der Waals surface area contributed by atoms with Crippen LogP contribution in [0.3, 0.4) is 0 Å². The monoisotopic (exact) mass is 321 g/mol. The first kappa shape index (κ1) is 16.0. The quantitative estimate of drug-likeness (QED) is 0.771. The van der Waals surface area contributed by atoms with E-state index in [1.807, 2.05) is 42.5 Å². The number of hydrogen-bond donors (Lipinski definition) is 2. The predicted molar refractivity (Wildman–Crippen MR) is 94.5 cm³/mol. The van der Waals surface area contributed by atoms with Crippen molar-refractivity contribution in [1.82, 2.24) is 9.55 Å². The van der Waals surface area contributed by atoms with Gasteiger partial charge >= 0.3 is 0 Å². The molecule has 5 nitrogen and oxygen atoms in total. The Kier molecular flexibility index (Phi) is 4.44. The van der Waals surface area contributed by atoms with Crippen LogP contribution in [0.2, 0.25) is 0 Å². The molecular formula is C19H19N3O2. The van der Waals surface area contributed by atoms with Crippen molar-refractivity contribution in [2.45, 2.75) is 13.0 Å². The van der Waals surface area contributed by atoms with Crippen molar-refractivity contribution in [2.24, 2.45) is 7.05 Å². The molecule has 0 unspecified atom stereocenters. The number of aliphatic hydroxyl groups is 1. The maximum absolute atomic E-state index is 11.8. The molecule has 2 aromatic carbocycles. The number of aromatic nitrogens is 2. The number of nitrogens with zero attached hydrogens (tertiary/aromatic N) is 2. The van der Waals surface area contributed by atoms with Gasteiger partial charge in [-0.05, 0) is 28.3 Å². The Balaban J connectivity index is 1.92. The minimum atomic E-state index is -0.163. The summed E-state index contributed by atoms with van der Waals surface area (Å²) in [6, 6.07) is 17.3. The Morgan fingerprint density at radius 1 is 1.04 bits per heavy atom. The standard InChI is InChI=1S/C19H19N3O2/c1-22-18(24)11-17(21-19(22)20)10-13-4-2-6-15(8-13)16-7-3-5-14(9-16)12-23/h2-9,11,23H,10,12H2,1H3,(H2,20,21). The fourth-order valence-electron chi connectivity index (χ4n) is 2.62. The zero-order valence-corrected chi connectivity index (χ0v) is 13.4. The number of benzene rings is 2. The molecule has 0 atom stereocenters. The molecule has 0 aliphatic rings. The van der Waals surface area contributed by atoms with Crippen molar-refractivity contribution < 1.29 is 5.11 Å². The maximum atomic E-state index is 11.8. The largest absolute Gasteiger partial charge is 0.392 e. The summed E-state index contributed by atoms with van der Waals surface area (Å²) in [4.78, 5) is 16.1. The molecule has 1 aromatic heterocycles. The molecule has 0 aliphatic carbocycles. The Bertz CT molecular complexity index is 932. The van der Waals surface area contributed by atoms with Gasteiger partial charge in [0.15, 0.2) is 0 Å². The lowest BCUT2D eigenvalue weighted by molar-refractivity contribution is 0.282. The molecule has 3 rings (SSSR count). The van der Waals surface area contributed by atoms with Crippen LogP contribution in [-0.4, -0.2) is 14.7 Å². The fraction of sp³-hybridized carbons (Fsp3) is 0.158. The van der Waals surface area contributed by atoms with Gasteiger partial charge in [-0.1, -0.05) is 42.5 Å². The molecule has 0 bridgehead atoms. The summed E-state index contributed by atoms with van der Waals surface area (Å²) < 4.78 is 1.32. The van der Waals surface area contributed by atoms with Gasteiger partial charge in [-0.15, -0.1) is 0 Å². The normalized spacial score (nSPS) is 10.8. The first-order valence-corrected chi connectivity index (χ1v) is 7.68. The zero-order valence-electron chi connectivity index (χ0n) is 13.4. The average Bonchev–Trinajstić information content (AvgIpc) is 2.60. The van der Waals surface area contributed by atoms with Crippen molar-refractivity contribution in [2.75, 3.05) is 5.73 Å². The van der Waals surface area contributed by atoms with E-state index >= 15 is 0 Å². The summed E-state index contributed by atoms with van der Waals surface area (Å²) in [6.45, 7) is 0.0179. The molecule has 3 aromatic rings. The van der Waals surface area contributed by atoms with Crippen molar-refractivity contribution in [3.63, 3.8) is 0 Å². The number of anilines is 1. The zero-order chi connectivity index (χ0) is 17.1. The van der Waals surface area contributed by atoms with Crippen LogP contribution in [-0.2, 0) is 20.1 Å². The van der Waals surface area contributed by atoms with Crippen LogP contribution in [0.4, 0.5) is 5.95 Å². The summed E-state index contributed by atoms with van der Waals surface area (Å²) in [5, 5.41) is 9.28. The number of hydrogen-bond acceptors (Lipinski definition) is 4. The van der Waals surface area contributed by atoms with E-state index < -0.39 is 0 Å². The van der Waals surface area contributed by atoms with Crippen molar-refractivity contribution in [3.8, 4) is 11.1 Å². The highest BCUT2D eigenvalue weighted by molar-refractivity contribution is 5.65. The fourth-order valence-corrected chi connectivity index (χ4v) is 2.62. The first-order valence-electron chi connectivity index (χ1n) is 7.68. The summed E-state index contributed by atoms with van der Waals surface area (Å²) >= 11 is 0. The first-order chi connectivity index (χ1) is 11.6. The minimum absolute atomic E-state index is 0.0179. The molecule has 0 aliphatic heterocycles. The molecule has 0 amide bonds. The second-order valence-electron chi connectivity index (χ2n) is 5.74. The van der Waals surface area contributed by atoms with Crippen LogP contribution >= 0.6 is 0 Å². The van der Waals surface area contributed by atoms with Gasteiger partial charge in [0.1, 0.15) is 0 Å². The molecule has 0 fully saturated rings.